The summed E-state index contributed by atoms with van der Waals surface area (Å²) in [5.74, 6) is 0. The first-order valence-corrected chi connectivity index (χ1v) is 8.08. The van der Waals surface area contributed by atoms with Crippen molar-refractivity contribution in [3.63, 3.8) is 0 Å². The van der Waals surface area contributed by atoms with E-state index in [0.29, 0.717) is 12.1 Å². The Balaban J connectivity index is 2.44. The largest absolute Gasteiger partial charge is 0.468 e. The van der Waals surface area contributed by atoms with Gasteiger partial charge in [-0.1, -0.05) is 6.92 Å². The molecule has 126 valence electrons. The highest BCUT2D eigenvalue weighted by molar-refractivity contribution is 5.63. The standard InChI is InChI=1S/C18H27N3O2/c1-7-15(8-9-22-5)21-11-17(20-18(21)23-6)16-10-12(2)13(3)19-14(16)4/h10-11,15H,7-9H2,1-6H3. The average molecular weight is 317 g/mol. The summed E-state index contributed by atoms with van der Waals surface area (Å²) in [6.07, 6.45) is 4.00. The van der Waals surface area contributed by atoms with E-state index in [1.54, 1.807) is 14.2 Å². The zero-order chi connectivity index (χ0) is 17.0. The number of methoxy groups -OCH3 is 2. The lowest BCUT2D eigenvalue weighted by atomic mass is 10.1. The predicted octanol–water partition coefficient (Wildman–Crippen LogP) is 3.87. The van der Waals surface area contributed by atoms with Gasteiger partial charge in [0.25, 0.3) is 6.01 Å². The van der Waals surface area contributed by atoms with E-state index in [2.05, 4.69) is 40.6 Å². The fourth-order valence-corrected chi connectivity index (χ4v) is 2.80. The summed E-state index contributed by atoms with van der Waals surface area (Å²) in [5.41, 5.74) is 5.19. The van der Waals surface area contributed by atoms with E-state index < -0.39 is 0 Å². The molecule has 0 amide bonds. The summed E-state index contributed by atoms with van der Waals surface area (Å²) in [6.45, 7) is 9.02. The molecule has 2 aromatic rings. The molecule has 2 aromatic heterocycles. The Kier molecular flexibility index (Phi) is 5.77. The van der Waals surface area contributed by atoms with Crippen LogP contribution in [0.25, 0.3) is 11.3 Å². The molecule has 0 aliphatic rings. The fourth-order valence-electron chi connectivity index (χ4n) is 2.80. The number of hydrogen-bond donors (Lipinski definition) is 0. The van der Waals surface area contributed by atoms with Crippen molar-refractivity contribution >= 4 is 0 Å². The summed E-state index contributed by atoms with van der Waals surface area (Å²) in [5, 5.41) is 0. The summed E-state index contributed by atoms with van der Waals surface area (Å²) in [6, 6.07) is 3.10. The van der Waals surface area contributed by atoms with Crippen molar-refractivity contribution in [2.75, 3.05) is 20.8 Å². The van der Waals surface area contributed by atoms with Gasteiger partial charge in [0, 0.05) is 42.9 Å². The van der Waals surface area contributed by atoms with Crippen LogP contribution in [0.1, 0.15) is 42.8 Å². The zero-order valence-corrected chi connectivity index (χ0v) is 15.0. The highest BCUT2D eigenvalue weighted by Gasteiger charge is 2.18. The number of aryl methyl sites for hydroxylation is 3. The molecule has 5 nitrogen and oxygen atoms in total. The fraction of sp³-hybridized carbons (Fsp3) is 0.556. The first-order chi connectivity index (χ1) is 11.0. The van der Waals surface area contributed by atoms with Crippen LogP contribution in [0.15, 0.2) is 12.3 Å². The third kappa shape index (κ3) is 3.72. The highest BCUT2D eigenvalue weighted by atomic mass is 16.5. The maximum Gasteiger partial charge on any atom is 0.296 e. The molecule has 5 heteroatoms. The summed E-state index contributed by atoms with van der Waals surface area (Å²) in [4.78, 5) is 9.29. The van der Waals surface area contributed by atoms with Crippen LogP contribution in [0.5, 0.6) is 6.01 Å². The van der Waals surface area contributed by atoms with Gasteiger partial charge in [-0.2, -0.15) is 4.98 Å². The minimum atomic E-state index is 0.311. The molecule has 0 bridgehead atoms. The number of imidazole rings is 1. The third-order valence-electron chi connectivity index (χ3n) is 4.33. The van der Waals surface area contributed by atoms with Crippen LogP contribution in [0.3, 0.4) is 0 Å². The van der Waals surface area contributed by atoms with Crippen molar-refractivity contribution in [1.29, 1.82) is 0 Å². The van der Waals surface area contributed by atoms with Crippen molar-refractivity contribution < 1.29 is 9.47 Å². The molecule has 2 rings (SSSR count). The van der Waals surface area contributed by atoms with Crippen LogP contribution in [-0.4, -0.2) is 35.4 Å². The van der Waals surface area contributed by atoms with E-state index in [1.807, 2.05) is 13.8 Å². The summed E-state index contributed by atoms with van der Waals surface area (Å²) < 4.78 is 12.8. The van der Waals surface area contributed by atoms with Gasteiger partial charge in [-0.25, -0.2) is 0 Å². The Labute approximate surface area is 138 Å². The molecular formula is C18H27N3O2. The Hall–Kier alpha value is -1.88. The van der Waals surface area contributed by atoms with Crippen LogP contribution in [0, 0.1) is 20.8 Å². The molecule has 0 aliphatic carbocycles. The van der Waals surface area contributed by atoms with E-state index in [1.165, 1.54) is 5.56 Å². The van der Waals surface area contributed by atoms with Crippen molar-refractivity contribution in [3.05, 3.63) is 29.2 Å². The SMILES string of the molecule is CCC(CCOC)n1cc(-c2cc(C)c(C)nc2C)nc1OC. The van der Waals surface area contributed by atoms with Crippen molar-refractivity contribution in [3.8, 4) is 17.3 Å². The molecule has 0 fully saturated rings. The average Bonchev–Trinajstić information content (AvgIpc) is 2.95. The second-order valence-corrected chi connectivity index (χ2v) is 5.89. The van der Waals surface area contributed by atoms with Gasteiger partial charge in [-0.05, 0) is 45.2 Å². The van der Waals surface area contributed by atoms with Gasteiger partial charge in [0.15, 0.2) is 0 Å². The van der Waals surface area contributed by atoms with Gasteiger partial charge in [-0.15, -0.1) is 0 Å². The minimum absolute atomic E-state index is 0.311. The first-order valence-electron chi connectivity index (χ1n) is 8.08. The molecule has 1 atom stereocenters. The van der Waals surface area contributed by atoms with Crippen molar-refractivity contribution in [2.45, 2.75) is 46.6 Å². The first kappa shape index (κ1) is 17.5. The normalized spacial score (nSPS) is 12.4. The van der Waals surface area contributed by atoms with E-state index in [0.717, 1.165) is 42.1 Å². The molecule has 0 radical (unpaired) electrons. The van der Waals surface area contributed by atoms with E-state index in [9.17, 15) is 0 Å². The van der Waals surface area contributed by atoms with E-state index >= 15 is 0 Å². The number of aromatic nitrogens is 3. The van der Waals surface area contributed by atoms with Gasteiger partial charge < -0.3 is 9.47 Å². The molecule has 23 heavy (non-hydrogen) atoms. The minimum Gasteiger partial charge on any atom is -0.468 e. The molecule has 1 unspecified atom stereocenters. The number of rotatable bonds is 7. The molecule has 0 aromatic carbocycles. The Bertz CT molecular complexity index is 665. The van der Waals surface area contributed by atoms with Crippen molar-refractivity contribution in [2.24, 2.45) is 0 Å². The van der Waals surface area contributed by atoms with Gasteiger partial charge >= 0.3 is 0 Å². The number of pyridine rings is 1. The van der Waals surface area contributed by atoms with Crippen molar-refractivity contribution in [1.82, 2.24) is 14.5 Å². The van der Waals surface area contributed by atoms with Gasteiger partial charge in [-0.3, -0.25) is 9.55 Å². The number of ether oxygens (including phenoxy) is 2. The highest BCUT2D eigenvalue weighted by Crippen LogP contribution is 2.30. The quantitative estimate of drug-likeness (QED) is 0.778. The molecule has 0 saturated heterocycles. The molecular weight excluding hydrogens is 290 g/mol. The number of hydrogen-bond acceptors (Lipinski definition) is 4. The Morgan fingerprint density at radius 1 is 1.13 bits per heavy atom. The van der Waals surface area contributed by atoms with Crippen LogP contribution >= 0.6 is 0 Å². The summed E-state index contributed by atoms with van der Waals surface area (Å²) in [7, 11) is 3.39. The molecule has 0 N–H and O–H groups in total. The number of nitrogens with zero attached hydrogens (tertiary/aromatic N) is 3. The van der Waals surface area contributed by atoms with Gasteiger partial charge in [0.2, 0.25) is 0 Å². The Morgan fingerprint density at radius 3 is 2.48 bits per heavy atom. The smallest absolute Gasteiger partial charge is 0.296 e. The van der Waals surface area contributed by atoms with Gasteiger partial charge in [0.05, 0.1) is 12.8 Å². The molecule has 0 spiro atoms. The van der Waals surface area contributed by atoms with E-state index in [-0.39, 0.29) is 0 Å². The monoisotopic (exact) mass is 317 g/mol. The van der Waals surface area contributed by atoms with Crippen LogP contribution in [0.2, 0.25) is 0 Å². The third-order valence-corrected chi connectivity index (χ3v) is 4.33. The lowest BCUT2D eigenvalue weighted by Gasteiger charge is -2.17. The maximum absolute atomic E-state index is 5.49. The van der Waals surface area contributed by atoms with Crippen LogP contribution in [0.4, 0.5) is 0 Å². The molecule has 2 heterocycles. The van der Waals surface area contributed by atoms with Crippen LogP contribution < -0.4 is 4.74 Å². The second-order valence-electron chi connectivity index (χ2n) is 5.89. The maximum atomic E-state index is 5.49. The van der Waals surface area contributed by atoms with E-state index in [4.69, 9.17) is 9.47 Å². The van der Waals surface area contributed by atoms with Crippen LogP contribution in [-0.2, 0) is 4.74 Å². The second kappa shape index (κ2) is 7.59. The lowest BCUT2D eigenvalue weighted by molar-refractivity contribution is 0.174. The lowest BCUT2D eigenvalue weighted by Crippen LogP contribution is -2.11. The molecule has 0 aliphatic heterocycles. The topological polar surface area (TPSA) is 49.2 Å². The Morgan fingerprint density at radius 2 is 1.87 bits per heavy atom. The zero-order valence-electron chi connectivity index (χ0n) is 15.0. The molecule has 0 saturated carbocycles. The summed E-state index contributed by atoms with van der Waals surface area (Å²) >= 11 is 0. The van der Waals surface area contributed by atoms with Gasteiger partial charge in [0.1, 0.15) is 0 Å². The predicted molar refractivity (Wildman–Crippen MR) is 92.0 cm³/mol.